The van der Waals surface area contributed by atoms with Gasteiger partial charge in [-0.3, -0.25) is 4.99 Å². The molecule has 0 bridgehead atoms. The fourth-order valence-electron chi connectivity index (χ4n) is 3.05. The maximum atomic E-state index is 5.68. The van der Waals surface area contributed by atoms with Crippen molar-refractivity contribution < 1.29 is 9.47 Å². The molecule has 6 nitrogen and oxygen atoms in total. The number of halogens is 1. The minimum atomic E-state index is 0. The number of nitrogens with zero attached hydrogens (tertiary/aromatic N) is 2. The van der Waals surface area contributed by atoms with Crippen molar-refractivity contribution in [2.45, 2.75) is 38.2 Å². The number of ether oxygens (including phenoxy) is 2. The van der Waals surface area contributed by atoms with Gasteiger partial charge in [0.15, 0.2) is 5.96 Å². The van der Waals surface area contributed by atoms with Crippen molar-refractivity contribution in [3.05, 3.63) is 29.8 Å². The van der Waals surface area contributed by atoms with Gasteiger partial charge >= 0.3 is 0 Å². The van der Waals surface area contributed by atoms with Gasteiger partial charge in [-0.15, -0.1) is 24.0 Å². The molecule has 0 spiro atoms. The molecule has 1 fully saturated rings. The van der Waals surface area contributed by atoms with Crippen LogP contribution >= 0.6 is 24.0 Å². The number of anilines is 1. The molecule has 2 rings (SSSR count). The average molecular weight is 504 g/mol. The van der Waals surface area contributed by atoms with E-state index in [9.17, 15) is 0 Å². The smallest absolute Gasteiger partial charge is 0.190 e. The molecule has 1 unspecified atom stereocenters. The Morgan fingerprint density at radius 3 is 2.50 bits per heavy atom. The summed E-state index contributed by atoms with van der Waals surface area (Å²) in [7, 11) is 5.94. The summed E-state index contributed by atoms with van der Waals surface area (Å²) >= 11 is 0. The second kappa shape index (κ2) is 14.9. The van der Waals surface area contributed by atoms with E-state index in [1.807, 2.05) is 7.05 Å². The molecule has 0 aromatic heterocycles. The second-order valence-corrected chi connectivity index (χ2v) is 7.15. The topological polar surface area (TPSA) is 58.1 Å². The molecule has 0 amide bonds. The number of aliphatic imine (C=N–C) groups is 1. The number of guanidine groups is 1. The fraction of sp³-hybridized carbons (Fsp3) is 0.667. The third-order valence-corrected chi connectivity index (χ3v) is 4.70. The number of benzene rings is 1. The van der Waals surface area contributed by atoms with Crippen molar-refractivity contribution in [2.24, 2.45) is 4.99 Å². The average Bonchev–Trinajstić information content (AvgIpc) is 3.20. The predicted molar refractivity (Wildman–Crippen MR) is 128 cm³/mol. The minimum Gasteiger partial charge on any atom is -0.379 e. The fourth-order valence-corrected chi connectivity index (χ4v) is 3.05. The van der Waals surface area contributed by atoms with Crippen LogP contribution in [0.3, 0.4) is 0 Å². The third-order valence-electron chi connectivity index (χ3n) is 4.70. The van der Waals surface area contributed by atoms with Gasteiger partial charge in [0.2, 0.25) is 0 Å². The highest BCUT2D eigenvalue weighted by atomic mass is 127. The number of aryl methyl sites for hydroxylation is 1. The van der Waals surface area contributed by atoms with Crippen LogP contribution in [0.1, 0.15) is 31.2 Å². The van der Waals surface area contributed by atoms with E-state index in [4.69, 9.17) is 9.47 Å². The Kier molecular flexibility index (Phi) is 13.3. The van der Waals surface area contributed by atoms with Crippen molar-refractivity contribution >= 4 is 35.6 Å². The lowest BCUT2D eigenvalue weighted by Gasteiger charge is -2.14. The Morgan fingerprint density at radius 1 is 1.18 bits per heavy atom. The standard InChI is InChI=1S/C21H36N4O2.HI/c1-22-21(24-14-6-15-26-17-20-8-5-16-27-20)23-13-4-7-18-9-11-19(12-10-18)25(2)3;/h9-12,20H,4-8,13-17H2,1-3H3,(H2,22,23,24);1H. The highest BCUT2D eigenvalue weighted by Crippen LogP contribution is 2.13. The Morgan fingerprint density at radius 2 is 1.89 bits per heavy atom. The van der Waals surface area contributed by atoms with Crippen LogP contribution in [0.5, 0.6) is 0 Å². The Hall–Kier alpha value is -1.06. The van der Waals surface area contributed by atoms with Crippen molar-refractivity contribution in [1.29, 1.82) is 0 Å². The zero-order valence-corrected chi connectivity index (χ0v) is 19.9. The second-order valence-electron chi connectivity index (χ2n) is 7.15. The van der Waals surface area contributed by atoms with Crippen LogP contribution in [0.2, 0.25) is 0 Å². The van der Waals surface area contributed by atoms with E-state index >= 15 is 0 Å². The Bertz CT molecular complexity index is 546. The van der Waals surface area contributed by atoms with Crippen molar-refractivity contribution in [2.75, 3.05) is 59.0 Å². The largest absolute Gasteiger partial charge is 0.379 e. The Balaban J connectivity index is 0.00000392. The van der Waals surface area contributed by atoms with E-state index < -0.39 is 0 Å². The maximum absolute atomic E-state index is 5.68. The van der Waals surface area contributed by atoms with Gasteiger partial charge < -0.3 is 25.0 Å². The van der Waals surface area contributed by atoms with E-state index in [2.05, 4.69) is 58.9 Å². The van der Waals surface area contributed by atoms with Gasteiger partial charge in [0.05, 0.1) is 12.7 Å². The molecule has 1 heterocycles. The van der Waals surface area contributed by atoms with Gasteiger partial charge in [-0.1, -0.05) is 12.1 Å². The van der Waals surface area contributed by atoms with Crippen LogP contribution in [0.15, 0.2) is 29.3 Å². The lowest BCUT2D eigenvalue weighted by Crippen LogP contribution is -2.38. The summed E-state index contributed by atoms with van der Waals surface area (Å²) in [6, 6.07) is 8.76. The van der Waals surface area contributed by atoms with Crippen molar-refractivity contribution in [3.8, 4) is 0 Å². The van der Waals surface area contributed by atoms with Crippen LogP contribution in [0.4, 0.5) is 5.69 Å². The van der Waals surface area contributed by atoms with Crippen LogP contribution in [0, 0.1) is 0 Å². The lowest BCUT2D eigenvalue weighted by atomic mass is 10.1. The van der Waals surface area contributed by atoms with Crippen LogP contribution in [-0.2, 0) is 15.9 Å². The van der Waals surface area contributed by atoms with Crippen LogP contribution < -0.4 is 15.5 Å². The molecule has 0 saturated carbocycles. The first-order chi connectivity index (χ1) is 13.2. The summed E-state index contributed by atoms with van der Waals surface area (Å²) in [5, 5.41) is 6.71. The Labute approximate surface area is 187 Å². The molecule has 160 valence electrons. The van der Waals surface area contributed by atoms with E-state index in [1.54, 1.807) is 0 Å². The third kappa shape index (κ3) is 9.93. The molecule has 1 saturated heterocycles. The zero-order chi connectivity index (χ0) is 19.3. The monoisotopic (exact) mass is 504 g/mol. The number of rotatable bonds is 11. The molecule has 1 aliphatic rings. The highest BCUT2D eigenvalue weighted by Gasteiger charge is 2.14. The number of nitrogens with one attached hydrogen (secondary N) is 2. The number of hydrogen-bond acceptors (Lipinski definition) is 4. The van der Waals surface area contributed by atoms with Crippen molar-refractivity contribution in [3.63, 3.8) is 0 Å². The zero-order valence-electron chi connectivity index (χ0n) is 17.6. The van der Waals surface area contributed by atoms with Crippen LogP contribution in [0.25, 0.3) is 0 Å². The van der Waals surface area contributed by atoms with E-state index in [-0.39, 0.29) is 24.0 Å². The summed E-state index contributed by atoms with van der Waals surface area (Å²) in [5.74, 6) is 0.858. The first kappa shape index (κ1) is 25.0. The molecule has 1 aromatic carbocycles. The van der Waals surface area contributed by atoms with Gasteiger partial charge in [-0.25, -0.2) is 0 Å². The molecule has 7 heteroatoms. The molecule has 2 N–H and O–H groups in total. The minimum absolute atomic E-state index is 0. The normalized spacial score (nSPS) is 16.5. The first-order valence-corrected chi connectivity index (χ1v) is 10.1. The van der Waals surface area contributed by atoms with Crippen molar-refractivity contribution in [1.82, 2.24) is 10.6 Å². The summed E-state index contributed by atoms with van der Waals surface area (Å²) in [6.45, 7) is 4.14. The molecule has 0 aliphatic carbocycles. The van der Waals surface area contributed by atoms with Gasteiger partial charge in [-0.2, -0.15) is 0 Å². The van der Waals surface area contributed by atoms with E-state index in [0.29, 0.717) is 6.10 Å². The van der Waals surface area contributed by atoms with Gasteiger partial charge in [0, 0.05) is 53.1 Å². The first-order valence-electron chi connectivity index (χ1n) is 10.1. The molecule has 1 aromatic rings. The number of hydrogen-bond donors (Lipinski definition) is 2. The van der Waals surface area contributed by atoms with Gasteiger partial charge in [0.25, 0.3) is 0 Å². The lowest BCUT2D eigenvalue weighted by molar-refractivity contribution is 0.0168. The predicted octanol–water partition coefficient (Wildman–Crippen LogP) is 3.05. The quantitative estimate of drug-likeness (QED) is 0.210. The molecular formula is C21H37IN4O2. The van der Waals surface area contributed by atoms with E-state index in [1.165, 1.54) is 17.7 Å². The summed E-state index contributed by atoms with van der Waals surface area (Å²) in [5.41, 5.74) is 2.61. The summed E-state index contributed by atoms with van der Waals surface area (Å²) < 4.78 is 11.2. The van der Waals surface area contributed by atoms with E-state index in [0.717, 1.165) is 64.6 Å². The molecule has 28 heavy (non-hydrogen) atoms. The maximum Gasteiger partial charge on any atom is 0.190 e. The summed E-state index contributed by atoms with van der Waals surface area (Å²) in [6.07, 6.45) is 5.71. The molecular weight excluding hydrogens is 467 g/mol. The van der Waals surface area contributed by atoms with Crippen LogP contribution in [-0.4, -0.2) is 66.1 Å². The summed E-state index contributed by atoms with van der Waals surface area (Å²) in [4.78, 5) is 6.39. The molecule has 1 atom stereocenters. The SMILES string of the molecule is CN=C(NCCCOCC1CCCO1)NCCCc1ccc(N(C)C)cc1.I. The van der Waals surface area contributed by atoms with Gasteiger partial charge in [-0.05, 0) is 49.8 Å². The highest BCUT2D eigenvalue weighted by molar-refractivity contribution is 14.0. The molecule has 0 radical (unpaired) electrons. The van der Waals surface area contributed by atoms with Gasteiger partial charge in [0.1, 0.15) is 0 Å². The molecule has 1 aliphatic heterocycles.